The van der Waals surface area contributed by atoms with E-state index >= 15 is 0 Å². The number of sulfonamides is 1. The summed E-state index contributed by atoms with van der Waals surface area (Å²) in [4.78, 5) is 0. The predicted molar refractivity (Wildman–Crippen MR) is 86.9 cm³/mol. The Kier molecular flexibility index (Phi) is 6.65. The molecule has 1 saturated heterocycles. The van der Waals surface area contributed by atoms with Crippen molar-refractivity contribution in [3.05, 3.63) is 0 Å². The maximum Gasteiger partial charge on any atom is 0.211 e. The number of hydrogen-bond acceptors (Lipinski definition) is 4. The second-order valence-corrected chi connectivity index (χ2v) is 9.26. The van der Waals surface area contributed by atoms with E-state index in [9.17, 15) is 8.42 Å². The van der Waals surface area contributed by atoms with Gasteiger partial charge in [0.25, 0.3) is 0 Å². The van der Waals surface area contributed by atoms with Gasteiger partial charge in [-0.05, 0) is 37.6 Å². The Morgan fingerprint density at radius 1 is 1.38 bits per heavy atom. The van der Waals surface area contributed by atoms with Gasteiger partial charge in [0.1, 0.15) is 0 Å². The van der Waals surface area contributed by atoms with Crippen LogP contribution >= 0.6 is 0 Å². The molecule has 3 atom stereocenters. The number of nitrogens with zero attached hydrogens (tertiary/aromatic N) is 1. The minimum absolute atomic E-state index is 0.0492. The Hall–Kier alpha value is -0.170. The Morgan fingerprint density at radius 3 is 2.43 bits per heavy atom. The van der Waals surface area contributed by atoms with E-state index < -0.39 is 10.0 Å². The standard InChI is InChI=1S/C15H32N2O3S/c1-15(2,3)14(20-5)13(16-4)10-12-8-7-9-17(11-12)21(6,18)19/h12-14,16H,7-11H2,1-6H3. The lowest BCUT2D eigenvalue weighted by Gasteiger charge is -2.39. The van der Waals surface area contributed by atoms with Crippen molar-refractivity contribution in [1.82, 2.24) is 9.62 Å². The Balaban J connectivity index is 2.73. The van der Waals surface area contributed by atoms with Crippen LogP contribution in [0.2, 0.25) is 0 Å². The summed E-state index contributed by atoms with van der Waals surface area (Å²) in [6.45, 7) is 7.82. The third-order valence-corrected chi connectivity index (χ3v) is 5.65. The molecule has 0 saturated carbocycles. The highest BCUT2D eigenvalue weighted by Gasteiger charge is 2.35. The maximum atomic E-state index is 11.7. The molecule has 0 radical (unpaired) electrons. The third kappa shape index (κ3) is 5.51. The minimum atomic E-state index is -3.07. The molecule has 126 valence electrons. The molecule has 3 unspecified atom stereocenters. The van der Waals surface area contributed by atoms with Gasteiger partial charge in [-0.3, -0.25) is 0 Å². The van der Waals surface area contributed by atoms with Crippen LogP contribution < -0.4 is 5.32 Å². The first-order valence-electron chi connectivity index (χ1n) is 7.74. The summed E-state index contributed by atoms with van der Waals surface area (Å²) in [5, 5.41) is 3.37. The molecule has 21 heavy (non-hydrogen) atoms. The fourth-order valence-electron chi connectivity index (χ4n) is 3.39. The van der Waals surface area contributed by atoms with Gasteiger partial charge in [-0.25, -0.2) is 12.7 Å². The summed E-state index contributed by atoms with van der Waals surface area (Å²) < 4.78 is 30.8. The van der Waals surface area contributed by atoms with Gasteiger partial charge < -0.3 is 10.1 Å². The topological polar surface area (TPSA) is 58.6 Å². The smallest absolute Gasteiger partial charge is 0.211 e. The molecule has 0 amide bonds. The molecule has 1 rings (SSSR count). The predicted octanol–water partition coefficient (Wildman–Crippen LogP) is 1.70. The highest BCUT2D eigenvalue weighted by Crippen LogP contribution is 2.30. The molecule has 0 aliphatic carbocycles. The molecule has 0 aromatic rings. The van der Waals surface area contributed by atoms with Gasteiger partial charge >= 0.3 is 0 Å². The molecule has 0 aromatic heterocycles. The number of hydrogen-bond donors (Lipinski definition) is 1. The minimum Gasteiger partial charge on any atom is -0.379 e. The van der Waals surface area contributed by atoms with Crippen molar-refractivity contribution < 1.29 is 13.2 Å². The summed E-state index contributed by atoms with van der Waals surface area (Å²) in [5.74, 6) is 0.394. The van der Waals surface area contributed by atoms with Crippen molar-refractivity contribution >= 4 is 10.0 Å². The first kappa shape index (κ1) is 18.9. The number of ether oxygens (including phenoxy) is 1. The largest absolute Gasteiger partial charge is 0.379 e. The van der Waals surface area contributed by atoms with Crippen molar-refractivity contribution in [2.75, 3.05) is 33.5 Å². The van der Waals surface area contributed by atoms with Crippen molar-refractivity contribution in [1.29, 1.82) is 0 Å². The summed E-state index contributed by atoms with van der Waals surface area (Å²) >= 11 is 0. The average molecular weight is 320 g/mol. The molecule has 0 spiro atoms. The van der Waals surface area contributed by atoms with E-state index in [4.69, 9.17) is 4.74 Å². The van der Waals surface area contributed by atoms with E-state index in [1.165, 1.54) is 6.26 Å². The van der Waals surface area contributed by atoms with Crippen LogP contribution in [0.4, 0.5) is 0 Å². The molecular weight excluding hydrogens is 288 g/mol. The van der Waals surface area contributed by atoms with Gasteiger partial charge in [-0.15, -0.1) is 0 Å². The molecule has 1 heterocycles. The van der Waals surface area contributed by atoms with Gasteiger partial charge in [-0.2, -0.15) is 0 Å². The van der Waals surface area contributed by atoms with Crippen molar-refractivity contribution in [2.45, 2.75) is 52.2 Å². The molecular formula is C15H32N2O3S. The summed E-state index contributed by atoms with van der Waals surface area (Å²) in [7, 11) is 0.638. The second kappa shape index (κ2) is 7.40. The van der Waals surface area contributed by atoms with E-state index in [2.05, 4.69) is 26.1 Å². The Morgan fingerprint density at radius 2 is 2.00 bits per heavy atom. The molecule has 1 fully saturated rings. The molecule has 0 bridgehead atoms. The molecule has 5 nitrogen and oxygen atoms in total. The molecule has 0 aromatic carbocycles. The third-order valence-electron chi connectivity index (χ3n) is 4.38. The van der Waals surface area contributed by atoms with Crippen LogP contribution in [0, 0.1) is 11.3 Å². The van der Waals surface area contributed by atoms with Crippen LogP contribution in [0.25, 0.3) is 0 Å². The lowest BCUT2D eigenvalue weighted by atomic mass is 9.80. The Labute approximate surface area is 130 Å². The first-order valence-corrected chi connectivity index (χ1v) is 9.59. The molecule has 6 heteroatoms. The second-order valence-electron chi connectivity index (χ2n) is 7.28. The summed E-state index contributed by atoms with van der Waals surface area (Å²) in [6, 6.07) is 0.236. The number of piperidine rings is 1. The average Bonchev–Trinajstić information content (AvgIpc) is 2.36. The van der Waals surface area contributed by atoms with E-state index in [0.29, 0.717) is 19.0 Å². The van der Waals surface area contributed by atoms with Crippen LogP contribution in [0.3, 0.4) is 0 Å². The first-order chi connectivity index (χ1) is 9.59. The number of rotatable bonds is 6. The molecule has 1 aliphatic heterocycles. The number of nitrogens with one attached hydrogen (secondary N) is 1. The highest BCUT2D eigenvalue weighted by molar-refractivity contribution is 7.88. The lowest BCUT2D eigenvalue weighted by Crippen LogP contribution is -2.49. The van der Waals surface area contributed by atoms with Crippen LogP contribution in [0.15, 0.2) is 0 Å². The molecule has 1 aliphatic rings. The van der Waals surface area contributed by atoms with Gasteiger partial charge in [0.15, 0.2) is 0 Å². The van der Waals surface area contributed by atoms with Crippen molar-refractivity contribution in [3.63, 3.8) is 0 Å². The van der Waals surface area contributed by atoms with Gasteiger partial charge in [0.2, 0.25) is 10.0 Å². The van der Waals surface area contributed by atoms with Gasteiger partial charge in [0, 0.05) is 26.2 Å². The van der Waals surface area contributed by atoms with Crippen molar-refractivity contribution in [2.24, 2.45) is 11.3 Å². The molecule has 1 N–H and O–H groups in total. The quantitative estimate of drug-likeness (QED) is 0.809. The SMILES string of the molecule is CNC(CC1CCCN(S(C)(=O)=O)C1)C(OC)C(C)(C)C. The van der Waals surface area contributed by atoms with Crippen molar-refractivity contribution in [3.8, 4) is 0 Å². The van der Waals surface area contributed by atoms with Gasteiger partial charge in [0.05, 0.1) is 12.4 Å². The fourth-order valence-corrected chi connectivity index (χ4v) is 4.34. The van der Waals surface area contributed by atoms with Crippen LogP contribution in [-0.2, 0) is 14.8 Å². The zero-order valence-electron chi connectivity index (χ0n) is 14.3. The van der Waals surface area contributed by atoms with E-state index in [1.54, 1.807) is 11.4 Å². The Bertz CT molecular complexity index is 417. The monoisotopic (exact) mass is 320 g/mol. The van der Waals surface area contributed by atoms with E-state index in [-0.39, 0.29) is 17.6 Å². The normalized spacial score (nSPS) is 24.8. The van der Waals surface area contributed by atoms with E-state index in [0.717, 1.165) is 19.3 Å². The number of methoxy groups -OCH3 is 1. The maximum absolute atomic E-state index is 11.7. The lowest BCUT2D eigenvalue weighted by molar-refractivity contribution is -0.0167. The number of likely N-dealkylation sites (N-methyl/N-ethyl adjacent to an activating group) is 1. The summed E-state index contributed by atoms with van der Waals surface area (Å²) in [5.41, 5.74) is 0.0492. The zero-order chi connectivity index (χ0) is 16.3. The van der Waals surface area contributed by atoms with Crippen LogP contribution in [0.5, 0.6) is 0 Å². The zero-order valence-corrected chi connectivity index (χ0v) is 15.2. The fraction of sp³-hybridized carbons (Fsp3) is 1.00. The van der Waals surface area contributed by atoms with E-state index in [1.807, 2.05) is 7.05 Å². The highest BCUT2D eigenvalue weighted by atomic mass is 32.2. The van der Waals surface area contributed by atoms with Crippen LogP contribution in [0.1, 0.15) is 40.0 Å². The van der Waals surface area contributed by atoms with Gasteiger partial charge in [-0.1, -0.05) is 20.8 Å². The van der Waals surface area contributed by atoms with Crippen LogP contribution in [-0.4, -0.2) is 58.4 Å². The summed E-state index contributed by atoms with van der Waals surface area (Å²) in [6.07, 6.45) is 4.39.